The lowest BCUT2D eigenvalue weighted by Gasteiger charge is -1.88. The maximum absolute atomic E-state index is 10.2. The van der Waals surface area contributed by atoms with Crippen LogP contribution in [0, 0.1) is 5.92 Å². The van der Waals surface area contributed by atoms with Gasteiger partial charge in [0.2, 0.25) is 0 Å². The van der Waals surface area contributed by atoms with E-state index in [2.05, 4.69) is 0 Å². The largest absolute Gasteiger partial charge is 0.478 e. The van der Waals surface area contributed by atoms with Gasteiger partial charge in [0, 0.05) is 5.92 Å². The van der Waals surface area contributed by atoms with Gasteiger partial charge in [-0.3, -0.25) is 0 Å². The van der Waals surface area contributed by atoms with Gasteiger partial charge in [-0.25, -0.2) is 9.59 Å². The first kappa shape index (κ1) is 23.3. The molecule has 0 saturated heterocycles. The topological polar surface area (TPSA) is 91.7 Å². The molecule has 5 heteroatoms. The van der Waals surface area contributed by atoms with Crippen molar-refractivity contribution in [2.45, 2.75) is 21.3 Å². The predicted octanol–water partition coefficient (Wildman–Crippen LogP) is 4.25. The minimum absolute atomic E-state index is 0. The first-order valence-electron chi connectivity index (χ1n) is 6.90. The molecular formula is C19H24O5. The van der Waals surface area contributed by atoms with Crippen LogP contribution in [0.2, 0.25) is 0 Å². The third kappa shape index (κ3) is 11.7. The molecule has 0 fully saturated rings. The number of carbonyl (C=O) groups is 3. The Balaban J connectivity index is 0. The third-order valence-corrected chi connectivity index (χ3v) is 2.31. The van der Waals surface area contributed by atoms with E-state index >= 15 is 0 Å². The lowest BCUT2D eigenvalue weighted by Crippen LogP contribution is -1.93. The average Bonchev–Trinajstić information content (AvgIpc) is 2.57. The zero-order chi connectivity index (χ0) is 17.7. The summed E-state index contributed by atoms with van der Waals surface area (Å²) in [5, 5.41) is 16.8. The summed E-state index contributed by atoms with van der Waals surface area (Å²) in [6, 6.07) is 16.6. The number of aldehydes is 1. The summed E-state index contributed by atoms with van der Waals surface area (Å²) < 4.78 is 0. The molecule has 2 rings (SSSR count). The van der Waals surface area contributed by atoms with Gasteiger partial charge < -0.3 is 15.0 Å². The minimum Gasteiger partial charge on any atom is -0.478 e. The Morgan fingerprint density at radius 2 is 1.04 bits per heavy atom. The van der Waals surface area contributed by atoms with E-state index in [1.807, 2.05) is 13.8 Å². The smallest absolute Gasteiger partial charge is 0.335 e. The molecule has 0 spiro atoms. The Hall–Kier alpha value is -2.95. The molecule has 0 amide bonds. The Morgan fingerprint density at radius 1 is 0.792 bits per heavy atom. The van der Waals surface area contributed by atoms with Gasteiger partial charge in [-0.05, 0) is 24.3 Å². The summed E-state index contributed by atoms with van der Waals surface area (Å²) in [6.45, 7) is 3.71. The van der Waals surface area contributed by atoms with Gasteiger partial charge in [-0.2, -0.15) is 0 Å². The van der Waals surface area contributed by atoms with Crippen molar-refractivity contribution in [2.24, 2.45) is 5.92 Å². The second kappa shape index (κ2) is 13.7. The van der Waals surface area contributed by atoms with E-state index in [0.29, 0.717) is 11.1 Å². The Kier molecular flexibility index (Phi) is 13.3. The molecule has 0 aliphatic heterocycles. The van der Waals surface area contributed by atoms with Crippen molar-refractivity contribution in [3.05, 3.63) is 71.8 Å². The zero-order valence-electron chi connectivity index (χ0n) is 13.0. The van der Waals surface area contributed by atoms with Crippen LogP contribution in [-0.2, 0) is 4.79 Å². The second-order valence-corrected chi connectivity index (χ2v) is 4.72. The first-order chi connectivity index (χ1) is 10.9. The quantitative estimate of drug-likeness (QED) is 0.820. The van der Waals surface area contributed by atoms with Crippen LogP contribution in [0.15, 0.2) is 60.7 Å². The maximum Gasteiger partial charge on any atom is 0.335 e. The monoisotopic (exact) mass is 332 g/mol. The van der Waals surface area contributed by atoms with Crippen LogP contribution in [0.25, 0.3) is 0 Å². The van der Waals surface area contributed by atoms with Gasteiger partial charge in [0.25, 0.3) is 0 Å². The van der Waals surface area contributed by atoms with Crippen molar-refractivity contribution in [3.63, 3.8) is 0 Å². The van der Waals surface area contributed by atoms with E-state index in [9.17, 15) is 14.4 Å². The van der Waals surface area contributed by atoms with Gasteiger partial charge in [-0.1, -0.05) is 57.7 Å². The summed E-state index contributed by atoms with van der Waals surface area (Å²) in [6.07, 6.45) is 0.917. The van der Waals surface area contributed by atoms with E-state index in [4.69, 9.17) is 10.2 Å². The molecule has 0 aromatic heterocycles. The third-order valence-electron chi connectivity index (χ3n) is 2.31. The molecule has 2 aromatic rings. The summed E-state index contributed by atoms with van der Waals surface area (Å²) in [5.74, 6) is -1.55. The fourth-order valence-corrected chi connectivity index (χ4v) is 1.16. The van der Waals surface area contributed by atoms with Gasteiger partial charge in [-0.15, -0.1) is 0 Å². The standard InChI is InChI=1S/2C7H6O2.C4H8O.CH4/c2*8-7(9)6-4-2-1-3-5-6;1-4(2)3-5;/h2*1-5H,(H,8,9);3-4H,1-2H3;1H4. The summed E-state index contributed by atoms with van der Waals surface area (Å²) in [7, 11) is 0. The molecule has 24 heavy (non-hydrogen) atoms. The van der Waals surface area contributed by atoms with Crippen molar-refractivity contribution in [1.29, 1.82) is 0 Å². The highest BCUT2D eigenvalue weighted by molar-refractivity contribution is 5.87. The molecule has 0 bridgehead atoms. The summed E-state index contributed by atoms with van der Waals surface area (Å²) >= 11 is 0. The fourth-order valence-electron chi connectivity index (χ4n) is 1.16. The molecule has 0 aliphatic carbocycles. The first-order valence-corrected chi connectivity index (χ1v) is 6.90. The predicted molar refractivity (Wildman–Crippen MR) is 94.4 cm³/mol. The van der Waals surface area contributed by atoms with Crippen molar-refractivity contribution < 1.29 is 24.6 Å². The molecular weight excluding hydrogens is 308 g/mol. The molecule has 0 radical (unpaired) electrons. The molecule has 2 aromatic carbocycles. The molecule has 0 aliphatic rings. The highest BCUT2D eigenvalue weighted by Crippen LogP contribution is 1.96. The van der Waals surface area contributed by atoms with Crippen LogP contribution < -0.4 is 0 Å². The lowest BCUT2D eigenvalue weighted by atomic mass is 10.2. The highest BCUT2D eigenvalue weighted by Gasteiger charge is 1.97. The molecule has 2 N–H and O–H groups in total. The van der Waals surface area contributed by atoms with Crippen LogP contribution in [0.3, 0.4) is 0 Å². The number of carbonyl (C=O) groups excluding carboxylic acids is 1. The lowest BCUT2D eigenvalue weighted by molar-refractivity contribution is -0.110. The highest BCUT2D eigenvalue weighted by atomic mass is 16.4. The van der Waals surface area contributed by atoms with Crippen LogP contribution in [0.1, 0.15) is 42.0 Å². The van der Waals surface area contributed by atoms with Crippen molar-refractivity contribution in [2.75, 3.05) is 0 Å². The van der Waals surface area contributed by atoms with Crippen LogP contribution in [-0.4, -0.2) is 28.4 Å². The van der Waals surface area contributed by atoms with Crippen LogP contribution >= 0.6 is 0 Å². The molecule has 0 atom stereocenters. The van der Waals surface area contributed by atoms with E-state index in [0.717, 1.165) is 6.29 Å². The summed E-state index contributed by atoms with van der Waals surface area (Å²) in [5.41, 5.74) is 0.662. The number of benzene rings is 2. The second-order valence-electron chi connectivity index (χ2n) is 4.72. The zero-order valence-corrected chi connectivity index (χ0v) is 13.0. The molecule has 0 heterocycles. The van der Waals surface area contributed by atoms with Gasteiger partial charge in [0.15, 0.2) is 0 Å². The molecule has 5 nitrogen and oxygen atoms in total. The summed E-state index contributed by atoms with van der Waals surface area (Å²) in [4.78, 5) is 29.9. The Labute approximate surface area is 142 Å². The minimum atomic E-state index is -0.879. The van der Waals surface area contributed by atoms with E-state index in [1.165, 1.54) is 0 Å². The fraction of sp³-hybridized carbons (Fsp3) is 0.211. The normalized spacial score (nSPS) is 8.46. The van der Waals surface area contributed by atoms with E-state index in [1.54, 1.807) is 60.7 Å². The number of hydrogen-bond acceptors (Lipinski definition) is 3. The number of aromatic carboxylic acids is 2. The Bertz CT molecular complexity index is 542. The number of carboxylic acids is 2. The van der Waals surface area contributed by atoms with Crippen molar-refractivity contribution in [1.82, 2.24) is 0 Å². The van der Waals surface area contributed by atoms with Crippen LogP contribution in [0.4, 0.5) is 0 Å². The van der Waals surface area contributed by atoms with Gasteiger partial charge in [0.05, 0.1) is 11.1 Å². The van der Waals surface area contributed by atoms with Crippen molar-refractivity contribution in [3.8, 4) is 0 Å². The average molecular weight is 332 g/mol. The maximum atomic E-state index is 10.2. The SMILES string of the molecule is C.CC(C)C=O.O=C(O)c1ccccc1.O=C(O)c1ccccc1. The molecule has 0 saturated carbocycles. The number of carboxylic acid groups (broad SMARTS) is 2. The van der Waals surface area contributed by atoms with E-state index < -0.39 is 11.9 Å². The van der Waals surface area contributed by atoms with Gasteiger partial charge >= 0.3 is 11.9 Å². The molecule has 130 valence electrons. The Morgan fingerprint density at radius 3 is 1.17 bits per heavy atom. The van der Waals surface area contributed by atoms with Crippen molar-refractivity contribution >= 4 is 18.2 Å². The molecule has 0 unspecified atom stereocenters. The number of rotatable bonds is 3. The van der Waals surface area contributed by atoms with Gasteiger partial charge in [0.1, 0.15) is 6.29 Å². The van der Waals surface area contributed by atoms with E-state index in [-0.39, 0.29) is 13.3 Å². The van der Waals surface area contributed by atoms with Crippen LogP contribution in [0.5, 0.6) is 0 Å². The number of hydrogen-bond donors (Lipinski definition) is 2.